The summed E-state index contributed by atoms with van der Waals surface area (Å²) in [5, 5.41) is 0.00937. The third kappa shape index (κ3) is 3.50. The van der Waals surface area contributed by atoms with Crippen LogP contribution < -0.4 is 26.6 Å². The van der Waals surface area contributed by atoms with Gasteiger partial charge in [0.1, 0.15) is 5.39 Å². The molecule has 0 amide bonds. The van der Waals surface area contributed by atoms with E-state index in [-0.39, 0.29) is 28.8 Å². The molecule has 10 heteroatoms. The highest BCUT2D eigenvalue weighted by molar-refractivity contribution is 5.93. The standard InChI is InChI=1S/C21H27F3N4O3/c1-10-17-14(20(29)26-21(30)28(17)13-3-4-13)19(31-2)15(24)18(10)27-6-5-11(9-27)16(25)12(7-22)8-23/h11-13,16H,3-9,25H2,1-2H3,(H,26,29,30). The minimum Gasteiger partial charge on any atom is -0.493 e. The number of H-pyrrole nitrogens is 1. The van der Waals surface area contributed by atoms with Crippen LogP contribution in [0.15, 0.2) is 9.59 Å². The summed E-state index contributed by atoms with van der Waals surface area (Å²) in [5.41, 5.74) is 5.93. The van der Waals surface area contributed by atoms with Gasteiger partial charge in [-0.1, -0.05) is 0 Å². The summed E-state index contributed by atoms with van der Waals surface area (Å²) in [6, 6.07) is -0.735. The molecule has 2 atom stereocenters. The van der Waals surface area contributed by atoms with Crippen LogP contribution in [0.1, 0.15) is 30.9 Å². The third-order valence-electron chi connectivity index (χ3n) is 6.63. The van der Waals surface area contributed by atoms with Crippen molar-refractivity contribution >= 4 is 16.6 Å². The number of halogens is 3. The molecule has 1 saturated carbocycles. The fraction of sp³-hybridized carbons (Fsp3) is 0.619. The maximum Gasteiger partial charge on any atom is 0.329 e. The predicted molar refractivity (Wildman–Crippen MR) is 112 cm³/mol. The fourth-order valence-electron chi connectivity index (χ4n) is 4.81. The number of fused-ring (bicyclic) bond motifs is 1. The van der Waals surface area contributed by atoms with Crippen LogP contribution in [0.25, 0.3) is 10.9 Å². The van der Waals surface area contributed by atoms with Gasteiger partial charge in [0.15, 0.2) is 11.6 Å². The Morgan fingerprint density at radius 3 is 2.48 bits per heavy atom. The largest absolute Gasteiger partial charge is 0.493 e. The Labute approximate surface area is 177 Å². The number of ether oxygens (including phenoxy) is 1. The molecule has 1 aromatic heterocycles. The van der Waals surface area contributed by atoms with Gasteiger partial charge in [0.2, 0.25) is 0 Å². The van der Waals surface area contributed by atoms with Crippen molar-refractivity contribution in [3.8, 4) is 5.75 Å². The first-order valence-electron chi connectivity index (χ1n) is 10.5. The van der Waals surface area contributed by atoms with E-state index in [1.54, 1.807) is 11.8 Å². The van der Waals surface area contributed by atoms with E-state index in [2.05, 4.69) is 4.98 Å². The molecule has 2 aliphatic rings. The number of hydrogen-bond donors (Lipinski definition) is 2. The number of methoxy groups -OCH3 is 1. The lowest BCUT2D eigenvalue weighted by atomic mass is 9.90. The van der Waals surface area contributed by atoms with Crippen LogP contribution in [0, 0.1) is 24.6 Å². The highest BCUT2D eigenvalue weighted by Gasteiger charge is 2.36. The summed E-state index contributed by atoms with van der Waals surface area (Å²) < 4.78 is 48.6. The van der Waals surface area contributed by atoms with Crippen molar-refractivity contribution in [3.63, 3.8) is 0 Å². The average Bonchev–Trinajstić information content (AvgIpc) is 3.46. The van der Waals surface area contributed by atoms with Crippen molar-refractivity contribution in [3.05, 3.63) is 32.2 Å². The van der Waals surface area contributed by atoms with Crippen LogP contribution >= 0.6 is 0 Å². The summed E-state index contributed by atoms with van der Waals surface area (Å²) >= 11 is 0. The molecule has 7 nitrogen and oxygen atoms in total. The Hall–Kier alpha value is -2.49. The predicted octanol–water partition coefficient (Wildman–Crippen LogP) is 2.19. The molecule has 2 heterocycles. The van der Waals surface area contributed by atoms with Gasteiger partial charge >= 0.3 is 5.69 Å². The van der Waals surface area contributed by atoms with Crippen molar-refractivity contribution in [1.82, 2.24) is 9.55 Å². The normalized spacial score (nSPS) is 20.1. The summed E-state index contributed by atoms with van der Waals surface area (Å²) in [4.78, 5) is 29.2. The number of hydrogen-bond acceptors (Lipinski definition) is 5. The number of aromatic nitrogens is 2. The second-order valence-electron chi connectivity index (χ2n) is 8.55. The van der Waals surface area contributed by atoms with Crippen LogP contribution in [0.5, 0.6) is 5.75 Å². The average molecular weight is 440 g/mol. The van der Waals surface area contributed by atoms with E-state index in [1.807, 2.05) is 0 Å². The van der Waals surface area contributed by atoms with Gasteiger partial charge in [0.05, 0.1) is 31.7 Å². The smallest absolute Gasteiger partial charge is 0.329 e. The van der Waals surface area contributed by atoms with Gasteiger partial charge in [0.25, 0.3) is 5.56 Å². The van der Waals surface area contributed by atoms with Gasteiger partial charge in [0, 0.05) is 36.7 Å². The molecule has 1 saturated heterocycles. The van der Waals surface area contributed by atoms with E-state index < -0.39 is 42.4 Å². The van der Waals surface area contributed by atoms with Crippen LogP contribution in [0.4, 0.5) is 18.9 Å². The molecule has 0 bridgehead atoms. The number of nitrogens with two attached hydrogens (primary N) is 1. The second kappa shape index (κ2) is 8.22. The van der Waals surface area contributed by atoms with Crippen LogP contribution in [0.3, 0.4) is 0 Å². The van der Waals surface area contributed by atoms with Crippen LogP contribution in [-0.2, 0) is 0 Å². The van der Waals surface area contributed by atoms with E-state index in [4.69, 9.17) is 10.5 Å². The molecule has 31 heavy (non-hydrogen) atoms. The zero-order chi connectivity index (χ0) is 22.4. The van der Waals surface area contributed by atoms with Crippen molar-refractivity contribution in [2.24, 2.45) is 17.6 Å². The Morgan fingerprint density at radius 1 is 1.23 bits per heavy atom. The summed E-state index contributed by atoms with van der Waals surface area (Å²) in [6.07, 6.45) is 2.15. The third-order valence-corrected chi connectivity index (χ3v) is 6.63. The SMILES string of the molecule is COc1c(F)c(N2CCC(C(N)C(CF)CF)C2)c(C)c2c1c(=O)[nH]c(=O)n2C1CC1. The Bertz CT molecular complexity index is 1110. The number of alkyl halides is 2. The highest BCUT2D eigenvalue weighted by Crippen LogP contribution is 2.43. The lowest BCUT2D eigenvalue weighted by molar-refractivity contribution is 0.217. The Morgan fingerprint density at radius 2 is 1.90 bits per heavy atom. The van der Waals surface area contributed by atoms with E-state index in [0.29, 0.717) is 30.6 Å². The molecule has 0 radical (unpaired) electrons. The summed E-state index contributed by atoms with van der Waals surface area (Å²) in [7, 11) is 1.28. The van der Waals surface area contributed by atoms with Crippen LogP contribution in [-0.4, -0.2) is 49.1 Å². The number of nitrogens with zero attached hydrogens (tertiary/aromatic N) is 2. The molecule has 1 aromatic carbocycles. The minimum absolute atomic E-state index is 0.00937. The molecule has 2 fully saturated rings. The van der Waals surface area contributed by atoms with Gasteiger partial charge in [-0.25, -0.2) is 9.18 Å². The zero-order valence-corrected chi connectivity index (χ0v) is 17.6. The number of benzene rings is 1. The van der Waals surface area contributed by atoms with Crippen molar-refractivity contribution in [1.29, 1.82) is 0 Å². The topological polar surface area (TPSA) is 93.3 Å². The van der Waals surface area contributed by atoms with Gasteiger partial charge in [-0.3, -0.25) is 23.1 Å². The lowest BCUT2D eigenvalue weighted by Crippen LogP contribution is -2.41. The van der Waals surface area contributed by atoms with Crippen molar-refractivity contribution < 1.29 is 17.9 Å². The molecule has 1 aliphatic carbocycles. The molecule has 2 unspecified atom stereocenters. The Kier molecular flexibility index (Phi) is 5.76. The molecule has 1 aliphatic heterocycles. The monoisotopic (exact) mass is 440 g/mol. The van der Waals surface area contributed by atoms with Crippen molar-refractivity contribution in [2.75, 3.05) is 38.4 Å². The summed E-state index contributed by atoms with van der Waals surface area (Å²) in [6.45, 7) is 0.745. The van der Waals surface area contributed by atoms with Gasteiger partial charge in [-0.05, 0) is 32.1 Å². The quantitative estimate of drug-likeness (QED) is 0.689. The van der Waals surface area contributed by atoms with E-state index in [9.17, 15) is 18.4 Å². The molecule has 170 valence electrons. The van der Waals surface area contributed by atoms with Gasteiger partial charge in [-0.15, -0.1) is 0 Å². The first kappa shape index (κ1) is 21.7. The van der Waals surface area contributed by atoms with E-state index >= 15 is 4.39 Å². The maximum absolute atomic E-state index is 15.6. The molecule has 0 spiro atoms. The second-order valence-corrected chi connectivity index (χ2v) is 8.55. The first-order valence-corrected chi connectivity index (χ1v) is 10.5. The Balaban J connectivity index is 1.85. The van der Waals surface area contributed by atoms with E-state index in [0.717, 1.165) is 12.8 Å². The van der Waals surface area contributed by atoms with E-state index in [1.165, 1.54) is 11.7 Å². The summed E-state index contributed by atoms with van der Waals surface area (Å²) in [5.74, 6) is -2.01. The zero-order valence-electron chi connectivity index (χ0n) is 17.6. The van der Waals surface area contributed by atoms with Gasteiger partial charge < -0.3 is 15.4 Å². The minimum atomic E-state index is -0.888. The number of aryl methyl sites for hydroxylation is 1. The molecule has 3 N–H and O–H groups in total. The molecular weight excluding hydrogens is 413 g/mol. The first-order chi connectivity index (χ1) is 14.8. The molecule has 2 aromatic rings. The number of nitrogens with one attached hydrogen (secondary N) is 1. The number of rotatable bonds is 7. The fourth-order valence-corrected chi connectivity index (χ4v) is 4.81. The highest BCUT2D eigenvalue weighted by atomic mass is 19.1. The molecular formula is C21H27F3N4O3. The number of aromatic amines is 1. The maximum atomic E-state index is 15.6. The van der Waals surface area contributed by atoms with Crippen LogP contribution in [0.2, 0.25) is 0 Å². The number of anilines is 1. The van der Waals surface area contributed by atoms with Crippen molar-refractivity contribution in [2.45, 2.75) is 38.3 Å². The van der Waals surface area contributed by atoms with Gasteiger partial charge in [-0.2, -0.15) is 0 Å². The molecule has 4 rings (SSSR count). The lowest BCUT2D eigenvalue weighted by Gasteiger charge is -2.27.